The first kappa shape index (κ1) is 16.0. The zero-order valence-electron chi connectivity index (χ0n) is 13.3. The highest BCUT2D eigenvalue weighted by atomic mass is 28.4. The predicted molar refractivity (Wildman–Crippen MR) is 88.0 cm³/mol. The Morgan fingerprint density at radius 1 is 1.24 bits per heavy atom. The number of ether oxygens (including phenoxy) is 1. The molecule has 1 aromatic rings. The van der Waals surface area contributed by atoms with E-state index in [1.54, 1.807) is 7.11 Å². The molecule has 1 aliphatic carbocycles. The molecule has 0 aromatic heterocycles. The van der Waals surface area contributed by atoms with Gasteiger partial charge in [0.2, 0.25) is 0 Å². The summed E-state index contributed by atoms with van der Waals surface area (Å²) in [4.78, 5) is 12.3. The van der Waals surface area contributed by atoms with Crippen molar-refractivity contribution in [3.05, 3.63) is 35.4 Å². The van der Waals surface area contributed by atoms with Crippen LogP contribution in [0, 0.1) is 0 Å². The number of carbonyl (C=O) groups excluding carboxylic acids is 1. The van der Waals surface area contributed by atoms with Crippen LogP contribution in [0.1, 0.15) is 24.8 Å². The summed E-state index contributed by atoms with van der Waals surface area (Å²) in [5, 5.41) is 0. The van der Waals surface area contributed by atoms with Gasteiger partial charge < -0.3 is 9.16 Å². The molecule has 1 saturated carbocycles. The highest BCUT2D eigenvalue weighted by Crippen LogP contribution is 2.29. The molecular formula is C17H24O3Si. The van der Waals surface area contributed by atoms with Crippen LogP contribution in [0.2, 0.25) is 19.6 Å². The summed E-state index contributed by atoms with van der Waals surface area (Å²) in [5.74, 6) is 1.01. The van der Waals surface area contributed by atoms with Crippen LogP contribution in [0.15, 0.2) is 29.8 Å². The van der Waals surface area contributed by atoms with E-state index in [0.717, 1.165) is 29.7 Å². The fourth-order valence-corrected chi connectivity index (χ4v) is 3.82. The number of methoxy groups -OCH3 is 1. The lowest BCUT2D eigenvalue weighted by Gasteiger charge is -2.29. The van der Waals surface area contributed by atoms with E-state index in [1.165, 1.54) is 0 Å². The van der Waals surface area contributed by atoms with Gasteiger partial charge in [0.25, 0.3) is 0 Å². The Kier molecular flexibility index (Phi) is 5.01. The summed E-state index contributed by atoms with van der Waals surface area (Å²) in [6, 6.07) is 7.78. The molecule has 3 nitrogen and oxygen atoms in total. The number of benzene rings is 1. The van der Waals surface area contributed by atoms with Crippen LogP contribution in [0.3, 0.4) is 0 Å². The molecule has 0 heterocycles. The first-order chi connectivity index (χ1) is 9.89. The van der Waals surface area contributed by atoms with Crippen molar-refractivity contribution in [3.63, 3.8) is 0 Å². The number of allylic oxidation sites excluding steroid dienone is 1. The first-order valence-corrected chi connectivity index (χ1v) is 10.8. The fraction of sp³-hybridized carbons (Fsp3) is 0.471. The van der Waals surface area contributed by atoms with Gasteiger partial charge >= 0.3 is 0 Å². The van der Waals surface area contributed by atoms with Gasteiger partial charge in [-0.3, -0.25) is 4.79 Å². The first-order valence-electron chi connectivity index (χ1n) is 7.43. The van der Waals surface area contributed by atoms with Crippen molar-refractivity contribution in [1.29, 1.82) is 0 Å². The molecule has 0 saturated heterocycles. The molecule has 114 valence electrons. The molecule has 0 radical (unpaired) electrons. The van der Waals surface area contributed by atoms with Crippen LogP contribution >= 0.6 is 0 Å². The largest absolute Gasteiger partial charge is 0.496 e. The summed E-state index contributed by atoms with van der Waals surface area (Å²) in [6.45, 7) is 6.49. The van der Waals surface area contributed by atoms with E-state index < -0.39 is 8.32 Å². The Labute approximate surface area is 128 Å². The molecule has 21 heavy (non-hydrogen) atoms. The quantitative estimate of drug-likeness (QED) is 0.622. The number of rotatable bonds is 4. The van der Waals surface area contributed by atoms with Crippen LogP contribution in [-0.4, -0.2) is 27.3 Å². The third-order valence-corrected chi connectivity index (χ3v) is 4.54. The minimum Gasteiger partial charge on any atom is -0.496 e. The highest BCUT2D eigenvalue weighted by Gasteiger charge is 2.28. The van der Waals surface area contributed by atoms with E-state index in [4.69, 9.17) is 9.16 Å². The fourth-order valence-electron chi connectivity index (χ4n) is 2.62. The number of Topliss-reactive ketones (excluding diaryl/α,β-unsaturated/α-hetero) is 1. The minimum absolute atomic E-state index is 0.0963. The van der Waals surface area contributed by atoms with Crippen LogP contribution in [0.4, 0.5) is 0 Å². The molecule has 0 amide bonds. The van der Waals surface area contributed by atoms with Crippen LogP contribution in [0.5, 0.6) is 5.75 Å². The molecule has 0 aliphatic heterocycles. The van der Waals surface area contributed by atoms with E-state index in [2.05, 4.69) is 19.6 Å². The molecular weight excluding hydrogens is 280 g/mol. The Hall–Kier alpha value is -1.39. The van der Waals surface area contributed by atoms with Crippen molar-refractivity contribution >= 4 is 20.2 Å². The zero-order chi connectivity index (χ0) is 15.5. The monoisotopic (exact) mass is 304 g/mol. The Morgan fingerprint density at radius 2 is 1.95 bits per heavy atom. The van der Waals surface area contributed by atoms with E-state index in [-0.39, 0.29) is 11.9 Å². The van der Waals surface area contributed by atoms with Gasteiger partial charge in [0.05, 0.1) is 13.2 Å². The van der Waals surface area contributed by atoms with Crippen molar-refractivity contribution in [3.8, 4) is 5.75 Å². The van der Waals surface area contributed by atoms with Gasteiger partial charge in [-0.05, 0) is 50.2 Å². The molecule has 0 N–H and O–H groups in total. The van der Waals surface area contributed by atoms with Gasteiger partial charge in [0, 0.05) is 12.0 Å². The third-order valence-electron chi connectivity index (χ3n) is 3.50. The SMILES string of the molecule is COc1ccccc1C=C1CCC(O[Si](C)(C)C)CC1=O. The predicted octanol–water partition coefficient (Wildman–Crippen LogP) is 4.05. The Morgan fingerprint density at radius 3 is 2.57 bits per heavy atom. The maximum Gasteiger partial charge on any atom is 0.184 e. The number of hydrogen-bond donors (Lipinski definition) is 0. The van der Waals surface area contributed by atoms with Gasteiger partial charge in [0.15, 0.2) is 14.1 Å². The lowest BCUT2D eigenvalue weighted by atomic mass is 9.90. The second-order valence-electron chi connectivity index (χ2n) is 6.43. The molecule has 1 aliphatic rings. The molecule has 1 fully saturated rings. The van der Waals surface area contributed by atoms with Gasteiger partial charge in [-0.1, -0.05) is 18.2 Å². The Bertz CT molecular complexity index is 543. The standard InChI is InChI=1S/C17H24O3Si/c1-19-17-8-6-5-7-14(17)11-13-9-10-15(12-16(13)18)20-21(2,3)4/h5-8,11,15H,9-10,12H2,1-4H3. The summed E-state index contributed by atoms with van der Waals surface area (Å²) in [7, 11) is 0.0739. The minimum atomic E-state index is -1.58. The Balaban J connectivity index is 2.10. The van der Waals surface area contributed by atoms with Gasteiger partial charge in [-0.25, -0.2) is 0 Å². The number of ketones is 1. The molecule has 1 unspecified atom stereocenters. The molecule has 1 atom stereocenters. The van der Waals surface area contributed by atoms with Crippen molar-refractivity contribution in [2.24, 2.45) is 0 Å². The van der Waals surface area contributed by atoms with E-state index in [0.29, 0.717) is 6.42 Å². The molecule has 2 rings (SSSR count). The average molecular weight is 304 g/mol. The van der Waals surface area contributed by atoms with Gasteiger partial charge in [-0.2, -0.15) is 0 Å². The maximum absolute atomic E-state index is 12.3. The highest BCUT2D eigenvalue weighted by molar-refractivity contribution is 6.69. The second-order valence-corrected chi connectivity index (χ2v) is 10.9. The maximum atomic E-state index is 12.3. The van der Waals surface area contributed by atoms with Crippen LogP contribution < -0.4 is 4.74 Å². The molecule has 1 aromatic carbocycles. The van der Waals surface area contributed by atoms with E-state index >= 15 is 0 Å². The zero-order valence-corrected chi connectivity index (χ0v) is 14.3. The lowest BCUT2D eigenvalue weighted by molar-refractivity contribution is -0.118. The number of carbonyl (C=O) groups is 1. The summed E-state index contributed by atoms with van der Waals surface area (Å²) in [6.07, 6.45) is 4.28. The van der Waals surface area contributed by atoms with Crippen LogP contribution in [-0.2, 0) is 9.22 Å². The molecule has 0 spiro atoms. The topological polar surface area (TPSA) is 35.5 Å². The van der Waals surface area contributed by atoms with Crippen molar-refractivity contribution in [2.45, 2.75) is 45.0 Å². The molecule has 0 bridgehead atoms. The van der Waals surface area contributed by atoms with Gasteiger partial charge in [0.1, 0.15) is 5.75 Å². The average Bonchev–Trinajstić information content (AvgIpc) is 2.40. The third kappa shape index (κ3) is 4.54. The van der Waals surface area contributed by atoms with Crippen LogP contribution in [0.25, 0.3) is 6.08 Å². The lowest BCUT2D eigenvalue weighted by Crippen LogP contribution is -2.35. The summed E-state index contributed by atoms with van der Waals surface area (Å²) >= 11 is 0. The normalized spacial score (nSPS) is 21.6. The van der Waals surface area contributed by atoms with Crippen molar-refractivity contribution in [2.75, 3.05) is 7.11 Å². The summed E-state index contributed by atoms with van der Waals surface area (Å²) < 4.78 is 11.4. The van der Waals surface area contributed by atoms with Crippen molar-refractivity contribution < 1.29 is 14.0 Å². The smallest absolute Gasteiger partial charge is 0.184 e. The van der Waals surface area contributed by atoms with E-state index in [9.17, 15) is 4.79 Å². The summed E-state index contributed by atoms with van der Waals surface area (Å²) in [5.41, 5.74) is 1.85. The van der Waals surface area contributed by atoms with Gasteiger partial charge in [-0.15, -0.1) is 0 Å². The van der Waals surface area contributed by atoms with Crippen molar-refractivity contribution in [1.82, 2.24) is 0 Å². The van der Waals surface area contributed by atoms with E-state index in [1.807, 2.05) is 30.3 Å². The molecule has 4 heteroatoms. The second kappa shape index (κ2) is 6.58. The number of hydrogen-bond acceptors (Lipinski definition) is 3. The number of para-hydroxylation sites is 1.